The van der Waals surface area contributed by atoms with Crippen LogP contribution in [0.3, 0.4) is 0 Å². The van der Waals surface area contributed by atoms with E-state index in [9.17, 15) is 14.4 Å². The minimum Gasteiger partial charge on any atom is -0.482 e. The lowest BCUT2D eigenvalue weighted by Crippen LogP contribution is -2.23. The Hall–Kier alpha value is -4.34. The lowest BCUT2D eigenvalue weighted by molar-refractivity contribution is -0.139. The second-order valence-electron chi connectivity index (χ2n) is 6.73. The van der Waals surface area contributed by atoms with Crippen LogP contribution in [0.15, 0.2) is 42.5 Å². The Kier molecular flexibility index (Phi) is 6.20. The lowest BCUT2D eigenvalue weighted by atomic mass is 10.1. The molecule has 0 aliphatic rings. The fraction of sp³-hybridized carbons (Fsp3) is 0.143. The second kappa shape index (κ2) is 8.99. The summed E-state index contributed by atoms with van der Waals surface area (Å²) in [4.78, 5) is 41.9. The van der Waals surface area contributed by atoms with Crippen molar-refractivity contribution in [1.82, 2.24) is 9.97 Å². The number of ether oxygens (including phenoxy) is 1. The van der Waals surface area contributed by atoms with Crippen molar-refractivity contribution in [3.8, 4) is 17.1 Å². The predicted octanol–water partition coefficient (Wildman–Crippen LogP) is 2.90. The molecule has 2 aromatic carbocycles. The van der Waals surface area contributed by atoms with Gasteiger partial charge in [-0.05, 0) is 49.2 Å². The van der Waals surface area contributed by atoms with E-state index in [4.69, 9.17) is 15.6 Å². The lowest BCUT2D eigenvalue weighted by Gasteiger charge is -2.12. The summed E-state index contributed by atoms with van der Waals surface area (Å²) >= 11 is 0. The van der Waals surface area contributed by atoms with E-state index >= 15 is 0 Å². The fourth-order valence-electron chi connectivity index (χ4n) is 2.90. The summed E-state index contributed by atoms with van der Waals surface area (Å²) in [5.74, 6) is -1.19. The van der Waals surface area contributed by atoms with Crippen molar-refractivity contribution in [3.63, 3.8) is 0 Å². The summed E-state index contributed by atoms with van der Waals surface area (Å²) in [6.07, 6.45) is 0. The molecule has 0 bridgehead atoms. The van der Waals surface area contributed by atoms with Crippen LogP contribution in [-0.4, -0.2) is 39.6 Å². The molecule has 0 aliphatic carbocycles. The van der Waals surface area contributed by atoms with Crippen molar-refractivity contribution < 1.29 is 24.2 Å². The van der Waals surface area contributed by atoms with Gasteiger partial charge in [-0.15, -0.1) is 0 Å². The van der Waals surface area contributed by atoms with E-state index in [-0.39, 0.29) is 11.5 Å². The smallest absolute Gasteiger partial charge is 0.341 e. The number of amides is 3. The van der Waals surface area contributed by atoms with E-state index in [1.165, 1.54) is 0 Å². The van der Waals surface area contributed by atoms with Gasteiger partial charge in [0.15, 0.2) is 12.3 Å². The molecule has 1 heterocycles. The van der Waals surface area contributed by atoms with Crippen LogP contribution in [0.25, 0.3) is 11.4 Å². The Balaban J connectivity index is 1.79. The van der Waals surface area contributed by atoms with E-state index in [0.717, 1.165) is 11.1 Å². The molecule has 10 nitrogen and oxygen atoms in total. The van der Waals surface area contributed by atoms with Crippen LogP contribution < -0.4 is 21.1 Å². The molecule has 3 amide bonds. The molecule has 0 aliphatic heterocycles. The maximum atomic E-state index is 12.5. The summed E-state index contributed by atoms with van der Waals surface area (Å²) in [5, 5.41) is 14.0. The number of aliphatic carboxylic acids is 1. The van der Waals surface area contributed by atoms with Crippen LogP contribution in [0.4, 0.5) is 16.3 Å². The summed E-state index contributed by atoms with van der Waals surface area (Å²) in [7, 11) is 0. The Morgan fingerprint density at radius 3 is 2.29 bits per heavy atom. The average molecular weight is 423 g/mol. The van der Waals surface area contributed by atoms with Crippen LogP contribution in [0, 0.1) is 13.8 Å². The number of carbonyl (C=O) groups is 3. The number of primary amides is 1. The highest BCUT2D eigenvalue weighted by atomic mass is 16.5. The van der Waals surface area contributed by atoms with Gasteiger partial charge in [-0.1, -0.05) is 18.2 Å². The fourth-order valence-corrected chi connectivity index (χ4v) is 2.90. The third-order valence-electron chi connectivity index (χ3n) is 4.39. The van der Waals surface area contributed by atoms with Crippen molar-refractivity contribution >= 4 is 29.4 Å². The first-order valence-electron chi connectivity index (χ1n) is 9.23. The number of aryl methyl sites for hydroxylation is 2. The Morgan fingerprint density at radius 1 is 1.06 bits per heavy atom. The van der Waals surface area contributed by atoms with Gasteiger partial charge in [-0.3, -0.25) is 10.1 Å². The number of aromatic nitrogens is 2. The van der Waals surface area contributed by atoms with Gasteiger partial charge < -0.3 is 25.9 Å². The molecule has 160 valence electrons. The SMILES string of the molecule is Cc1cccc(C)c1NC(=O)Nc1[nH]c(-c2ccc(OCC(=O)O)cc2)nc1C(N)=O. The number of imidazole rings is 1. The van der Waals surface area contributed by atoms with Gasteiger partial charge in [0, 0.05) is 11.3 Å². The first-order chi connectivity index (χ1) is 14.7. The number of H-pyrrole nitrogens is 1. The number of nitrogens with two attached hydrogens (primary N) is 1. The molecule has 6 N–H and O–H groups in total. The zero-order valence-corrected chi connectivity index (χ0v) is 16.9. The van der Waals surface area contributed by atoms with Gasteiger partial charge in [0.1, 0.15) is 17.4 Å². The number of hydrogen-bond acceptors (Lipinski definition) is 5. The normalized spacial score (nSPS) is 10.4. The molecule has 0 saturated heterocycles. The number of benzene rings is 2. The van der Waals surface area contributed by atoms with Gasteiger partial charge in [-0.2, -0.15) is 0 Å². The molecule has 10 heteroatoms. The summed E-state index contributed by atoms with van der Waals surface area (Å²) in [6.45, 7) is 3.28. The number of nitrogens with zero attached hydrogens (tertiary/aromatic N) is 1. The number of carboxylic acid groups (broad SMARTS) is 1. The summed E-state index contributed by atoms with van der Waals surface area (Å²) in [5.41, 5.74) is 8.30. The van der Waals surface area contributed by atoms with Crippen LogP contribution >= 0.6 is 0 Å². The number of aromatic amines is 1. The minimum atomic E-state index is -1.09. The van der Waals surface area contributed by atoms with Crippen LogP contribution in [-0.2, 0) is 4.79 Å². The van der Waals surface area contributed by atoms with E-state index < -0.39 is 24.5 Å². The summed E-state index contributed by atoms with van der Waals surface area (Å²) < 4.78 is 5.08. The molecule has 0 atom stereocenters. The van der Waals surface area contributed by atoms with E-state index in [0.29, 0.717) is 22.8 Å². The topological polar surface area (TPSA) is 159 Å². The van der Waals surface area contributed by atoms with E-state index in [2.05, 4.69) is 20.6 Å². The van der Waals surface area contributed by atoms with Gasteiger partial charge in [0.2, 0.25) is 0 Å². The number of carboxylic acids is 1. The molecule has 31 heavy (non-hydrogen) atoms. The third-order valence-corrected chi connectivity index (χ3v) is 4.39. The number of carbonyl (C=O) groups excluding carboxylic acids is 2. The first kappa shape index (κ1) is 21.4. The zero-order chi connectivity index (χ0) is 22.5. The van der Waals surface area contributed by atoms with Crippen molar-refractivity contribution in [2.75, 3.05) is 17.2 Å². The predicted molar refractivity (Wildman–Crippen MR) is 114 cm³/mol. The van der Waals surface area contributed by atoms with Crippen molar-refractivity contribution in [3.05, 3.63) is 59.3 Å². The third kappa shape index (κ3) is 5.18. The quantitative estimate of drug-likeness (QED) is 0.393. The highest BCUT2D eigenvalue weighted by molar-refractivity contribution is 6.05. The Labute approximate surface area is 177 Å². The molecular formula is C21H21N5O5. The summed E-state index contributed by atoms with van der Waals surface area (Å²) in [6, 6.07) is 11.4. The number of nitrogens with one attached hydrogen (secondary N) is 3. The number of hydrogen-bond donors (Lipinski definition) is 5. The Bertz CT molecular complexity index is 1120. The molecule has 3 aromatic rings. The number of urea groups is 1. The maximum absolute atomic E-state index is 12.5. The van der Waals surface area contributed by atoms with Crippen LogP contribution in [0.5, 0.6) is 5.75 Å². The van der Waals surface area contributed by atoms with Crippen molar-refractivity contribution in [2.24, 2.45) is 5.73 Å². The molecule has 0 unspecified atom stereocenters. The second-order valence-corrected chi connectivity index (χ2v) is 6.73. The minimum absolute atomic E-state index is 0.0532. The Morgan fingerprint density at radius 2 is 1.71 bits per heavy atom. The molecule has 0 spiro atoms. The largest absolute Gasteiger partial charge is 0.482 e. The number of rotatable bonds is 7. The highest BCUT2D eigenvalue weighted by Crippen LogP contribution is 2.24. The molecule has 0 radical (unpaired) electrons. The standard InChI is InChI=1S/C21H21N5O5/c1-11-4-3-5-12(2)16(11)24-21(30)26-20-17(18(22)29)23-19(25-20)13-6-8-14(9-7-13)31-10-15(27)28/h3-9H,10H2,1-2H3,(H2,22,29)(H,23,25)(H,27,28)(H2,24,26,30). The van der Waals surface area contributed by atoms with Crippen LogP contribution in [0.2, 0.25) is 0 Å². The molecule has 3 rings (SSSR count). The van der Waals surface area contributed by atoms with E-state index in [1.54, 1.807) is 24.3 Å². The maximum Gasteiger partial charge on any atom is 0.341 e. The van der Waals surface area contributed by atoms with Crippen molar-refractivity contribution in [2.45, 2.75) is 13.8 Å². The van der Waals surface area contributed by atoms with Crippen molar-refractivity contribution in [1.29, 1.82) is 0 Å². The molecular weight excluding hydrogens is 402 g/mol. The van der Waals surface area contributed by atoms with Crippen LogP contribution in [0.1, 0.15) is 21.6 Å². The number of para-hydroxylation sites is 1. The van der Waals surface area contributed by atoms with Gasteiger partial charge in [-0.25, -0.2) is 14.6 Å². The molecule has 0 saturated carbocycles. The first-order valence-corrected chi connectivity index (χ1v) is 9.23. The monoisotopic (exact) mass is 423 g/mol. The zero-order valence-electron chi connectivity index (χ0n) is 16.9. The van der Waals surface area contributed by atoms with Gasteiger partial charge in [0.05, 0.1) is 0 Å². The van der Waals surface area contributed by atoms with E-state index in [1.807, 2.05) is 32.0 Å². The van der Waals surface area contributed by atoms with Gasteiger partial charge in [0.25, 0.3) is 5.91 Å². The molecule has 0 fully saturated rings. The average Bonchev–Trinajstić information content (AvgIpc) is 3.13. The van der Waals surface area contributed by atoms with Gasteiger partial charge >= 0.3 is 12.0 Å². The highest BCUT2D eigenvalue weighted by Gasteiger charge is 2.19. The number of anilines is 2. The molecule has 1 aromatic heterocycles.